The summed E-state index contributed by atoms with van der Waals surface area (Å²) in [5.41, 5.74) is 1.22. The van der Waals surface area contributed by atoms with Gasteiger partial charge in [-0.15, -0.1) is 11.8 Å². The SMILES string of the molecule is COc1ccc(CSC2NC(=O)CC(C)N2)cc1. The van der Waals surface area contributed by atoms with Gasteiger partial charge in [0.1, 0.15) is 11.2 Å². The predicted octanol–water partition coefficient (Wildman–Crippen LogP) is 1.71. The Morgan fingerprint density at radius 1 is 1.39 bits per heavy atom. The molecule has 0 bridgehead atoms. The van der Waals surface area contributed by atoms with Gasteiger partial charge in [-0.2, -0.15) is 0 Å². The van der Waals surface area contributed by atoms with Crippen LogP contribution in [0.4, 0.5) is 0 Å². The topological polar surface area (TPSA) is 50.4 Å². The summed E-state index contributed by atoms with van der Waals surface area (Å²) < 4.78 is 5.12. The smallest absolute Gasteiger partial charge is 0.223 e. The van der Waals surface area contributed by atoms with Gasteiger partial charge in [0.15, 0.2) is 0 Å². The van der Waals surface area contributed by atoms with E-state index in [0.717, 1.165) is 11.5 Å². The Morgan fingerprint density at radius 2 is 2.11 bits per heavy atom. The third-order valence-electron chi connectivity index (χ3n) is 2.80. The largest absolute Gasteiger partial charge is 0.497 e. The fourth-order valence-corrected chi connectivity index (χ4v) is 2.93. The average Bonchev–Trinajstić information content (AvgIpc) is 2.36. The highest BCUT2D eigenvalue weighted by Crippen LogP contribution is 2.19. The van der Waals surface area contributed by atoms with Gasteiger partial charge in [-0.3, -0.25) is 10.1 Å². The van der Waals surface area contributed by atoms with E-state index in [9.17, 15) is 4.79 Å². The van der Waals surface area contributed by atoms with Crippen molar-refractivity contribution in [1.29, 1.82) is 0 Å². The summed E-state index contributed by atoms with van der Waals surface area (Å²) in [4.78, 5) is 11.4. The molecule has 1 heterocycles. The fourth-order valence-electron chi connectivity index (χ4n) is 1.83. The Labute approximate surface area is 111 Å². The first kappa shape index (κ1) is 13.2. The molecule has 2 N–H and O–H groups in total. The van der Waals surface area contributed by atoms with Crippen LogP contribution < -0.4 is 15.4 Å². The molecule has 1 aliphatic heterocycles. The second kappa shape index (κ2) is 6.11. The van der Waals surface area contributed by atoms with Gasteiger partial charge in [-0.25, -0.2) is 0 Å². The normalized spacial score (nSPS) is 23.6. The van der Waals surface area contributed by atoms with Crippen molar-refractivity contribution in [3.63, 3.8) is 0 Å². The molecule has 4 nitrogen and oxygen atoms in total. The molecular weight excluding hydrogens is 248 g/mol. The minimum atomic E-state index is 0.00310. The molecule has 5 heteroatoms. The molecule has 0 saturated carbocycles. The molecular formula is C13H18N2O2S. The zero-order chi connectivity index (χ0) is 13.0. The maximum absolute atomic E-state index is 11.4. The summed E-state index contributed by atoms with van der Waals surface area (Å²) in [6, 6.07) is 8.23. The number of nitrogens with one attached hydrogen (secondary N) is 2. The molecule has 18 heavy (non-hydrogen) atoms. The van der Waals surface area contributed by atoms with Crippen molar-refractivity contribution in [2.75, 3.05) is 7.11 Å². The average molecular weight is 266 g/mol. The van der Waals surface area contributed by atoms with Gasteiger partial charge in [0.25, 0.3) is 0 Å². The van der Waals surface area contributed by atoms with Crippen molar-refractivity contribution in [1.82, 2.24) is 10.6 Å². The minimum Gasteiger partial charge on any atom is -0.497 e. The molecule has 0 aliphatic carbocycles. The second-order valence-corrected chi connectivity index (χ2v) is 5.47. The molecule has 2 rings (SSSR count). The van der Waals surface area contributed by atoms with Crippen LogP contribution in [0, 0.1) is 0 Å². The van der Waals surface area contributed by atoms with E-state index in [1.54, 1.807) is 18.9 Å². The number of methoxy groups -OCH3 is 1. The molecule has 2 atom stereocenters. The highest BCUT2D eigenvalue weighted by atomic mass is 32.2. The third-order valence-corrected chi connectivity index (χ3v) is 3.88. The van der Waals surface area contributed by atoms with Gasteiger partial charge in [0.2, 0.25) is 5.91 Å². The summed E-state index contributed by atoms with van der Waals surface area (Å²) in [6.07, 6.45) is 0.555. The van der Waals surface area contributed by atoms with Crippen molar-refractivity contribution >= 4 is 17.7 Å². The van der Waals surface area contributed by atoms with Crippen LogP contribution in [0.2, 0.25) is 0 Å². The molecule has 1 aromatic rings. The fraction of sp³-hybridized carbons (Fsp3) is 0.462. The van der Waals surface area contributed by atoms with Crippen LogP contribution in [0.15, 0.2) is 24.3 Å². The van der Waals surface area contributed by atoms with E-state index in [2.05, 4.69) is 10.6 Å². The first-order valence-corrected chi connectivity index (χ1v) is 7.02. The molecule has 0 radical (unpaired) electrons. The molecule has 1 fully saturated rings. The number of thioether (sulfide) groups is 1. The van der Waals surface area contributed by atoms with E-state index < -0.39 is 0 Å². The molecule has 98 valence electrons. The number of hydrogen-bond donors (Lipinski definition) is 2. The lowest BCUT2D eigenvalue weighted by atomic mass is 10.2. The van der Waals surface area contributed by atoms with E-state index in [1.807, 2.05) is 31.2 Å². The zero-order valence-electron chi connectivity index (χ0n) is 10.6. The van der Waals surface area contributed by atoms with Gasteiger partial charge in [-0.05, 0) is 24.6 Å². The molecule has 0 spiro atoms. The van der Waals surface area contributed by atoms with Crippen molar-refractivity contribution in [3.8, 4) is 5.75 Å². The number of carbonyl (C=O) groups is 1. The summed E-state index contributed by atoms with van der Waals surface area (Å²) >= 11 is 1.69. The number of hydrogen-bond acceptors (Lipinski definition) is 4. The third kappa shape index (κ3) is 3.65. The maximum atomic E-state index is 11.4. The van der Waals surface area contributed by atoms with Gasteiger partial charge in [0, 0.05) is 18.2 Å². The van der Waals surface area contributed by atoms with Crippen LogP contribution in [0.25, 0.3) is 0 Å². The van der Waals surface area contributed by atoms with E-state index in [-0.39, 0.29) is 17.4 Å². The Kier molecular flexibility index (Phi) is 4.49. The van der Waals surface area contributed by atoms with Crippen LogP contribution in [-0.2, 0) is 10.5 Å². The molecule has 0 aromatic heterocycles. The number of carbonyl (C=O) groups excluding carboxylic acids is 1. The lowest BCUT2D eigenvalue weighted by molar-refractivity contribution is -0.123. The van der Waals surface area contributed by atoms with Crippen LogP contribution in [0.5, 0.6) is 5.75 Å². The van der Waals surface area contributed by atoms with Gasteiger partial charge in [0.05, 0.1) is 7.11 Å². The zero-order valence-corrected chi connectivity index (χ0v) is 11.4. The predicted molar refractivity (Wildman–Crippen MR) is 73.4 cm³/mol. The highest BCUT2D eigenvalue weighted by Gasteiger charge is 2.22. The van der Waals surface area contributed by atoms with Crippen molar-refractivity contribution in [2.45, 2.75) is 30.6 Å². The van der Waals surface area contributed by atoms with Crippen LogP contribution >= 0.6 is 11.8 Å². The first-order valence-electron chi connectivity index (χ1n) is 5.97. The monoisotopic (exact) mass is 266 g/mol. The maximum Gasteiger partial charge on any atom is 0.223 e. The minimum absolute atomic E-state index is 0.00310. The lowest BCUT2D eigenvalue weighted by Gasteiger charge is -2.29. The van der Waals surface area contributed by atoms with Crippen molar-refractivity contribution in [2.24, 2.45) is 0 Å². The van der Waals surface area contributed by atoms with E-state index in [4.69, 9.17) is 4.74 Å². The Morgan fingerprint density at radius 3 is 2.72 bits per heavy atom. The summed E-state index contributed by atoms with van der Waals surface area (Å²) in [7, 11) is 1.66. The Bertz CT molecular complexity index is 408. The van der Waals surface area contributed by atoms with Gasteiger partial charge < -0.3 is 10.1 Å². The van der Waals surface area contributed by atoms with Crippen molar-refractivity contribution in [3.05, 3.63) is 29.8 Å². The number of benzene rings is 1. The Hall–Kier alpha value is -1.20. The van der Waals surface area contributed by atoms with E-state index >= 15 is 0 Å². The molecule has 1 saturated heterocycles. The number of rotatable bonds is 4. The van der Waals surface area contributed by atoms with Gasteiger partial charge in [-0.1, -0.05) is 12.1 Å². The second-order valence-electron chi connectivity index (χ2n) is 4.38. The lowest BCUT2D eigenvalue weighted by Crippen LogP contribution is -2.53. The summed E-state index contributed by atoms with van der Waals surface area (Å²) in [5, 5.41) is 6.27. The standard InChI is InChI=1S/C13H18N2O2S/c1-9-7-12(16)15-13(14-9)18-8-10-3-5-11(17-2)6-4-10/h3-6,9,13-14H,7-8H2,1-2H3,(H,15,16). The quantitative estimate of drug-likeness (QED) is 0.871. The van der Waals surface area contributed by atoms with E-state index in [1.165, 1.54) is 5.56 Å². The summed E-state index contributed by atoms with van der Waals surface area (Å²) in [5.74, 6) is 1.84. The number of amides is 1. The van der Waals surface area contributed by atoms with Crippen LogP contribution in [0.3, 0.4) is 0 Å². The Balaban J connectivity index is 1.84. The summed E-state index contributed by atoms with van der Waals surface area (Å²) in [6.45, 7) is 2.03. The number of ether oxygens (including phenoxy) is 1. The highest BCUT2D eigenvalue weighted by molar-refractivity contribution is 7.99. The molecule has 1 amide bonds. The van der Waals surface area contributed by atoms with Crippen LogP contribution in [0.1, 0.15) is 18.9 Å². The first-order chi connectivity index (χ1) is 8.67. The van der Waals surface area contributed by atoms with E-state index in [0.29, 0.717) is 6.42 Å². The molecule has 1 aromatic carbocycles. The van der Waals surface area contributed by atoms with Crippen LogP contribution in [-0.4, -0.2) is 24.6 Å². The van der Waals surface area contributed by atoms with Gasteiger partial charge >= 0.3 is 0 Å². The van der Waals surface area contributed by atoms with Crippen molar-refractivity contribution < 1.29 is 9.53 Å². The molecule has 1 aliphatic rings. The molecule has 2 unspecified atom stereocenters.